The molecule has 0 aliphatic rings. The zero-order valence-corrected chi connectivity index (χ0v) is 6.87. The first-order chi connectivity index (χ1) is 3.15. The predicted octanol–water partition coefficient (Wildman–Crippen LogP) is 2.62. The van der Waals surface area contributed by atoms with Gasteiger partial charge in [0.2, 0.25) is 0 Å². The molecule has 0 saturated carbocycles. The van der Waals surface area contributed by atoms with E-state index >= 15 is 0 Å². The molecule has 0 aromatic rings. The largest absolute Gasteiger partial charge is 2.00 e. The standard InChI is InChI=1S/C4H9.C3H5.Co/c1-4(2)3;1-3-2;/h1-3H3;3H,1-2H2;/q2*-1;+2. The molecule has 0 aromatic carbocycles. The molecule has 0 rings (SSSR count). The summed E-state index contributed by atoms with van der Waals surface area (Å²) in [4.78, 5) is 0. The number of allylic oxidation sites excluding steroid dienone is 1. The minimum absolute atomic E-state index is 0. The van der Waals surface area contributed by atoms with Crippen molar-refractivity contribution in [2.24, 2.45) is 0 Å². The Hall–Kier alpha value is 0.116. The number of hydrogen-bond donors (Lipinski definition) is 0. The monoisotopic (exact) mass is 157 g/mol. The molecule has 1 radical (unpaired) electrons. The summed E-state index contributed by atoms with van der Waals surface area (Å²) in [6.07, 6.45) is 1.50. The van der Waals surface area contributed by atoms with Crippen LogP contribution in [0.2, 0.25) is 0 Å². The van der Waals surface area contributed by atoms with Gasteiger partial charge in [0, 0.05) is 0 Å². The zero-order valence-electron chi connectivity index (χ0n) is 5.82. The molecule has 0 saturated heterocycles. The Balaban J connectivity index is -0.0000000575. The van der Waals surface area contributed by atoms with Gasteiger partial charge in [-0.1, -0.05) is 0 Å². The maximum atomic E-state index is 3.25. The van der Waals surface area contributed by atoms with Gasteiger partial charge in [0.15, 0.2) is 0 Å². The average molecular weight is 157 g/mol. The third-order valence-corrected chi connectivity index (χ3v) is 0. The van der Waals surface area contributed by atoms with Crippen LogP contribution in [0.5, 0.6) is 0 Å². The Labute approximate surface area is 63.6 Å². The molecular weight excluding hydrogens is 143 g/mol. The van der Waals surface area contributed by atoms with E-state index in [1.54, 1.807) is 0 Å². The minimum Gasteiger partial charge on any atom is -0.323 e. The van der Waals surface area contributed by atoms with Crippen LogP contribution in [0.4, 0.5) is 0 Å². The quantitative estimate of drug-likeness (QED) is 0.474. The van der Waals surface area contributed by atoms with Crippen LogP contribution in [0.1, 0.15) is 20.8 Å². The molecule has 0 bridgehead atoms. The normalized spacial score (nSPS) is 6.00. The van der Waals surface area contributed by atoms with Gasteiger partial charge in [-0.2, -0.15) is 20.8 Å². The fraction of sp³-hybridized carbons (Fsp3) is 0.429. The van der Waals surface area contributed by atoms with Crippen molar-refractivity contribution in [1.82, 2.24) is 0 Å². The van der Waals surface area contributed by atoms with Crippen LogP contribution in [0.25, 0.3) is 0 Å². The summed E-state index contributed by atoms with van der Waals surface area (Å²) < 4.78 is 0. The third-order valence-electron chi connectivity index (χ3n) is 0. The molecule has 0 spiro atoms. The van der Waals surface area contributed by atoms with Crippen LogP contribution in [-0.4, -0.2) is 0 Å². The number of hydrogen-bond acceptors (Lipinski definition) is 0. The molecule has 51 valence electrons. The van der Waals surface area contributed by atoms with Gasteiger partial charge in [-0.3, -0.25) is 0 Å². The van der Waals surface area contributed by atoms with E-state index in [0.29, 0.717) is 0 Å². The van der Waals surface area contributed by atoms with Crippen molar-refractivity contribution in [3.8, 4) is 0 Å². The van der Waals surface area contributed by atoms with Gasteiger partial charge in [0.1, 0.15) is 0 Å². The van der Waals surface area contributed by atoms with E-state index in [9.17, 15) is 0 Å². The molecule has 0 N–H and O–H groups in total. The van der Waals surface area contributed by atoms with Gasteiger partial charge in [-0.05, 0) is 0 Å². The molecule has 0 fully saturated rings. The maximum absolute atomic E-state index is 3.25. The molecule has 0 aliphatic carbocycles. The first-order valence-corrected chi connectivity index (χ1v) is 2.32. The smallest absolute Gasteiger partial charge is 0.323 e. The molecule has 0 heterocycles. The third kappa shape index (κ3) is 11800. The molecule has 0 atom stereocenters. The van der Waals surface area contributed by atoms with Gasteiger partial charge in [0.05, 0.1) is 0 Å². The first-order valence-electron chi connectivity index (χ1n) is 2.32. The predicted molar refractivity (Wildman–Crippen MR) is 35.8 cm³/mol. The van der Waals surface area contributed by atoms with Crippen molar-refractivity contribution in [3.05, 3.63) is 25.5 Å². The van der Waals surface area contributed by atoms with Crippen LogP contribution >= 0.6 is 0 Å². The second-order valence-electron chi connectivity index (χ2n) is 1.79. The Morgan fingerprint density at radius 3 is 1.38 bits per heavy atom. The van der Waals surface area contributed by atoms with E-state index in [-0.39, 0.29) is 16.8 Å². The minimum atomic E-state index is 0. The van der Waals surface area contributed by atoms with Gasteiger partial charge < -0.3 is 5.92 Å². The fourth-order valence-electron chi connectivity index (χ4n) is 0. The van der Waals surface area contributed by atoms with Crippen LogP contribution < -0.4 is 0 Å². The number of rotatable bonds is 0. The fourth-order valence-corrected chi connectivity index (χ4v) is 0. The molecule has 8 heavy (non-hydrogen) atoms. The molecule has 0 unspecified atom stereocenters. The summed E-state index contributed by atoms with van der Waals surface area (Å²) in [5, 5.41) is 0. The molecule has 0 aromatic heterocycles. The van der Waals surface area contributed by atoms with E-state index in [4.69, 9.17) is 0 Å². The Morgan fingerprint density at radius 2 is 1.38 bits per heavy atom. The van der Waals surface area contributed by atoms with E-state index in [2.05, 4.69) is 34.3 Å². The first kappa shape index (κ1) is 15.7. The molecular formula is C7H14Co. The van der Waals surface area contributed by atoms with E-state index in [1.807, 2.05) is 0 Å². The van der Waals surface area contributed by atoms with Gasteiger partial charge in [-0.25, -0.2) is 19.6 Å². The molecule has 0 aliphatic heterocycles. The van der Waals surface area contributed by atoms with E-state index < -0.39 is 0 Å². The Bertz CT molecular complexity index is 28.6. The zero-order chi connectivity index (χ0) is 6.28. The van der Waals surface area contributed by atoms with Crippen LogP contribution in [0, 0.1) is 12.8 Å². The second kappa shape index (κ2) is 15.7. The maximum Gasteiger partial charge on any atom is 2.00 e. The van der Waals surface area contributed by atoms with Crippen molar-refractivity contribution in [1.29, 1.82) is 0 Å². The molecule has 1 heteroatoms. The van der Waals surface area contributed by atoms with Gasteiger partial charge >= 0.3 is 16.8 Å². The summed E-state index contributed by atoms with van der Waals surface area (Å²) in [5.74, 6) is 1.42. The average Bonchev–Trinajstić information content (AvgIpc) is 1.33. The summed E-state index contributed by atoms with van der Waals surface area (Å²) in [7, 11) is 0. The van der Waals surface area contributed by atoms with Crippen LogP contribution in [0.3, 0.4) is 0 Å². The van der Waals surface area contributed by atoms with Crippen molar-refractivity contribution in [2.45, 2.75) is 20.8 Å². The van der Waals surface area contributed by atoms with Crippen LogP contribution in [0.15, 0.2) is 12.7 Å². The van der Waals surface area contributed by atoms with Crippen molar-refractivity contribution in [3.63, 3.8) is 0 Å². The molecule has 0 nitrogen and oxygen atoms in total. The Morgan fingerprint density at radius 1 is 1.38 bits per heavy atom. The van der Waals surface area contributed by atoms with Crippen molar-refractivity contribution >= 4 is 0 Å². The van der Waals surface area contributed by atoms with Crippen molar-refractivity contribution < 1.29 is 16.8 Å². The Kier molecular flexibility index (Phi) is 30.8. The SMILES string of the molecule is C=C[CH2-].C[C-](C)C.[Co+2]. The van der Waals surface area contributed by atoms with Gasteiger partial charge in [-0.15, -0.1) is 0 Å². The topological polar surface area (TPSA) is 0 Å². The van der Waals surface area contributed by atoms with Crippen molar-refractivity contribution in [2.75, 3.05) is 0 Å². The van der Waals surface area contributed by atoms with E-state index in [1.165, 1.54) is 12.0 Å². The van der Waals surface area contributed by atoms with E-state index in [0.717, 1.165) is 0 Å². The second-order valence-corrected chi connectivity index (χ2v) is 1.79. The summed E-state index contributed by atoms with van der Waals surface area (Å²) in [5.41, 5.74) is 0. The van der Waals surface area contributed by atoms with Gasteiger partial charge in [0.25, 0.3) is 0 Å². The summed E-state index contributed by atoms with van der Waals surface area (Å²) >= 11 is 0. The summed E-state index contributed by atoms with van der Waals surface area (Å²) in [6, 6.07) is 0. The van der Waals surface area contributed by atoms with Crippen LogP contribution in [-0.2, 0) is 16.8 Å². The summed E-state index contributed by atoms with van der Waals surface area (Å²) in [6.45, 7) is 12.8. The molecule has 0 amide bonds.